The molecular formula is C19H19N3O7S. The van der Waals surface area contributed by atoms with E-state index in [9.17, 15) is 28.1 Å². The fourth-order valence-electron chi connectivity index (χ4n) is 2.61. The molecule has 30 heavy (non-hydrogen) atoms. The van der Waals surface area contributed by atoms with Gasteiger partial charge in [-0.1, -0.05) is 6.07 Å². The van der Waals surface area contributed by atoms with E-state index in [0.717, 1.165) is 25.0 Å². The van der Waals surface area contributed by atoms with Crippen LogP contribution in [-0.4, -0.2) is 37.9 Å². The number of non-ortho nitro benzene ring substituents is 1. The maximum Gasteiger partial charge on any atom is 0.338 e. The van der Waals surface area contributed by atoms with Crippen molar-refractivity contribution in [3.63, 3.8) is 0 Å². The van der Waals surface area contributed by atoms with Crippen molar-refractivity contribution in [1.82, 2.24) is 4.72 Å². The Balaban J connectivity index is 1.86. The predicted octanol–water partition coefficient (Wildman–Crippen LogP) is 2.46. The number of benzene rings is 2. The van der Waals surface area contributed by atoms with E-state index >= 15 is 0 Å². The van der Waals surface area contributed by atoms with Crippen LogP contribution in [0.25, 0.3) is 0 Å². The molecular weight excluding hydrogens is 414 g/mol. The largest absolute Gasteiger partial charge is 0.462 e. The lowest BCUT2D eigenvalue weighted by Gasteiger charge is -2.10. The number of nitro groups is 1. The van der Waals surface area contributed by atoms with Crippen LogP contribution in [0, 0.1) is 10.1 Å². The van der Waals surface area contributed by atoms with E-state index in [1.807, 2.05) is 0 Å². The molecule has 1 fully saturated rings. The molecule has 0 heterocycles. The van der Waals surface area contributed by atoms with Crippen molar-refractivity contribution < 1.29 is 27.7 Å². The number of amides is 1. The molecule has 0 spiro atoms. The number of nitrogens with zero attached hydrogens (tertiary/aromatic N) is 1. The summed E-state index contributed by atoms with van der Waals surface area (Å²) >= 11 is 0. The highest BCUT2D eigenvalue weighted by molar-refractivity contribution is 7.89. The Labute approximate surface area is 172 Å². The first kappa shape index (κ1) is 21.4. The SMILES string of the molecule is CCOC(=O)c1cc(C(=O)Nc2cccc(S(=O)(=O)NC3CC3)c2)cc([N+](=O)[O-])c1. The summed E-state index contributed by atoms with van der Waals surface area (Å²) in [4.78, 5) is 35.0. The van der Waals surface area contributed by atoms with Gasteiger partial charge in [0, 0.05) is 29.4 Å². The zero-order chi connectivity index (χ0) is 21.9. The summed E-state index contributed by atoms with van der Waals surface area (Å²) in [6.45, 7) is 1.65. The number of nitro benzene ring substituents is 1. The van der Waals surface area contributed by atoms with Gasteiger partial charge in [-0.15, -0.1) is 0 Å². The van der Waals surface area contributed by atoms with Crippen molar-refractivity contribution in [2.75, 3.05) is 11.9 Å². The number of rotatable bonds is 8. The molecule has 1 amide bonds. The van der Waals surface area contributed by atoms with E-state index in [1.165, 1.54) is 30.3 Å². The third-order valence-electron chi connectivity index (χ3n) is 4.20. The molecule has 0 atom stereocenters. The van der Waals surface area contributed by atoms with Gasteiger partial charge in [0.2, 0.25) is 10.0 Å². The number of hydrogen-bond donors (Lipinski definition) is 2. The number of ether oxygens (including phenoxy) is 1. The van der Waals surface area contributed by atoms with Crippen LogP contribution in [0.2, 0.25) is 0 Å². The van der Waals surface area contributed by atoms with Crippen LogP contribution in [-0.2, 0) is 14.8 Å². The van der Waals surface area contributed by atoms with Gasteiger partial charge < -0.3 is 10.1 Å². The fraction of sp³-hybridized carbons (Fsp3) is 0.263. The quantitative estimate of drug-likeness (QED) is 0.369. The molecule has 0 radical (unpaired) electrons. The van der Waals surface area contributed by atoms with Crippen molar-refractivity contribution in [3.8, 4) is 0 Å². The molecule has 3 rings (SSSR count). The minimum absolute atomic E-state index is 0.0153. The number of carbonyl (C=O) groups is 2. The number of nitrogens with one attached hydrogen (secondary N) is 2. The topological polar surface area (TPSA) is 145 Å². The summed E-state index contributed by atoms with van der Waals surface area (Å²) in [5, 5.41) is 13.7. The molecule has 2 N–H and O–H groups in total. The molecule has 0 aromatic heterocycles. The Kier molecular flexibility index (Phi) is 6.13. The van der Waals surface area contributed by atoms with Crippen molar-refractivity contribution in [1.29, 1.82) is 0 Å². The van der Waals surface area contributed by atoms with Crippen molar-refractivity contribution in [2.24, 2.45) is 0 Å². The van der Waals surface area contributed by atoms with Crippen LogP contribution in [0.15, 0.2) is 47.4 Å². The minimum Gasteiger partial charge on any atom is -0.462 e. The normalized spacial score (nSPS) is 13.5. The van der Waals surface area contributed by atoms with E-state index in [0.29, 0.717) is 0 Å². The first-order valence-electron chi connectivity index (χ1n) is 9.10. The van der Waals surface area contributed by atoms with Crippen LogP contribution in [0.1, 0.15) is 40.5 Å². The average molecular weight is 433 g/mol. The van der Waals surface area contributed by atoms with Crippen LogP contribution in [0.5, 0.6) is 0 Å². The summed E-state index contributed by atoms with van der Waals surface area (Å²) in [7, 11) is -3.71. The van der Waals surface area contributed by atoms with Gasteiger partial charge >= 0.3 is 5.97 Å². The summed E-state index contributed by atoms with van der Waals surface area (Å²) in [5.41, 5.74) is -0.545. The van der Waals surface area contributed by atoms with Gasteiger partial charge in [-0.05, 0) is 44.0 Å². The van der Waals surface area contributed by atoms with Gasteiger partial charge in [0.1, 0.15) is 0 Å². The Morgan fingerprint density at radius 1 is 1.17 bits per heavy atom. The molecule has 0 saturated heterocycles. The predicted molar refractivity (Wildman–Crippen MR) is 107 cm³/mol. The van der Waals surface area contributed by atoms with Crippen molar-refractivity contribution >= 4 is 33.3 Å². The number of sulfonamides is 1. The van der Waals surface area contributed by atoms with Crippen molar-refractivity contribution in [3.05, 3.63) is 63.7 Å². The highest BCUT2D eigenvalue weighted by Gasteiger charge is 2.28. The van der Waals surface area contributed by atoms with E-state index in [1.54, 1.807) is 6.92 Å². The van der Waals surface area contributed by atoms with Gasteiger partial charge in [0.15, 0.2) is 0 Å². The first-order chi connectivity index (χ1) is 14.2. The van der Waals surface area contributed by atoms with Crippen LogP contribution in [0.4, 0.5) is 11.4 Å². The third kappa shape index (κ3) is 5.19. The van der Waals surface area contributed by atoms with E-state index in [2.05, 4.69) is 10.0 Å². The molecule has 0 unspecified atom stereocenters. The zero-order valence-corrected chi connectivity index (χ0v) is 16.8. The third-order valence-corrected chi connectivity index (χ3v) is 5.72. The minimum atomic E-state index is -3.71. The second-order valence-corrected chi connectivity index (χ2v) is 8.34. The molecule has 1 aliphatic rings. The molecule has 10 nitrogen and oxygen atoms in total. The van der Waals surface area contributed by atoms with Crippen molar-refractivity contribution in [2.45, 2.75) is 30.7 Å². The molecule has 0 aliphatic heterocycles. The first-order valence-corrected chi connectivity index (χ1v) is 10.6. The Morgan fingerprint density at radius 3 is 2.50 bits per heavy atom. The Hall–Kier alpha value is -3.31. The highest BCUT2D eigenvalue weighted by atomic mass is 32.2. The molecule has 1 saturated carbocycles. The number of hydrogen-bond acceptors (Lipinski definition) is 7. The van der Waals surface area contributed by atoms with Crippen LogP contribution < -0.4 is 10.0 Å². The summed E-state index contributed by atoms with van der Waals surface area (Å²) in [6.07, 6.45) is 1.57. The second-order valence-electron chi connectivity index (χ2n) is 6.62. The molecule has 11 heteroatoms. The molecule has 1 aliphatic carbocycles. The van der Waals surface area contributed by atoms with E-state index in [4.69, 9.17) is 4.74 Å². The maximum absolute atomic E-state index is 12.6. The molecule has 158 valence electrons. The van der Waals surface area contributed by atoms with E-state index < -0.39 is 32.5 Å². The second kappa shape index (κ2) is 8.59. The van der Waals surface area contributed by atoms with Gasteiger partial charge in [0.25, 0.3) is 11.6 Å². The number of anilines is 1. The molecule has 0 bridgehead atoms. The van der Waals surface area contributed by atoms with Gasteiger partial charge in [-0.25, -0.2) is 17.9 Å². The van der Waals surface area contributed by atoms with Gasteiger partial charge in [0.05, 0.1) is 22.0 Å². The van der Waals surface area contributed by atoms with E-state index in [-0.39, 0.29) is 34.4 Å². The molecule has 2 aromatic rings. The smallest absolute Gasteiger partial charge is 0.338 e. The number of carbonyl (C=O) groups excluding carboxylic acids is 2. The van der Waals surface area contributed by atoms with Gasteiger partial charge in [-0.2, -0.15) is 0 Å². The fourth-order valence-corrected chi connectivity index (χ4v) is 3.96. The van der Waals surface area contributed by atoms with Crippen LogP contribution in [0.3, 0.4) is 0 Å². The summed E-state index contributed by atoms with van der Waals surface area (Å²) in [6, 6.07) is 8.78. The lowest BCUT2D eigenvalue weighted by molar-refractivity contribution is -0.384. The maximum atomic E-state index is 12.6. The van der Waals surface area contributed by atoms with Crippen LogP contribution >= 0.6 is 0 Å². The monoisotopic (exact) mass is 433 g/mol. The molecule has 2 aromatic carbocycles. The standard InChI is InChI=1S/C19H19N3O7S/c1-2-29-19(24)13-8-12(9-16(10-13)22(25)26)18(23)20-15-4-3-5-17(11-15)30(27,28)21-14-6-7-14/h3-5,8-11,14,21H,2,6-7H2,1H3,(H,20,23). The zero-order valence-electron chi connectivity index (χ0n) is 16.0. The highest BCUT2D eigenvalue weighted by Crippen LogP contribution is 2.24. The Morgan fingerprint density at radius 2 is 1.87 bits per heavy atom. The average Bonchev–Trinajstić information content (AvgIpc) is 3.51. The Bertz CT molecular complexity index is 1110. The lowest BCUT2D eigenvalue weighted by atomic mass is 10.1. The summed E-state index contributed by atoms with van der Waals surface area (Å²) < 4.78 is 32.1. The summed E-state index contributed by atoms with van der Waals surface area (Å²) in [5.74, 6) is -1.54. The lowest BCUT2D eigenvalue weighted by Crippen LogP contribution is -2.25. The van der Waals surface area contributed by atoms with Gasteiger partial charge in [-0.3, -0.25) is 14.9 Å². The number of esters is 1.